The van der Waals surface area contributed by atoms with Crippen molar-refractivity contribution in [1.29, 1.82) is 0 Å². The third-order valence-electron chi connectivity index (χ3n) is 4.87. The predicted octanol–water partition coefficient (Wildman–Crippen LogP) is 4.04. The summed E-state index contributed by atoms with van der Waals surface area (Å²) in [7, 11) is 8.09. The van der Waals surface area contributed by atoms with E-state index >= 15 is 0 Å². The van der Waals surface area contributed by atoms with E-state index in [1.54, 1.807) is 35.5 Å². The number of hydrogen-bond acceptors (Lipinski definition) is 6. The van der Waals surface area contributed by atoms with Gasteiger partial charge in [0, 0.05) is 13.1 Å². The Labute approximate surface area is 214 Å². The third kappa shape index (κ3) is 8.38. The van der Waals surface area contributed by atoms with Gasteiger partial charge in [-0.15, -0.1) is 24.0 Å². The molecule has 0 amide bonds. The van der Waals surface area contributed by atoms with Gasteiger partial charge in [-0.3, -0.25) is 0 Å². The van der Waals surface area contributed by atoms with Crippen LogP contribution in [0.3, 0.4) is 0 Å². The maximum atomic E-state index is 5.42. The third-order valence-corrected chi connectivity index (χ3v) is 4.87. The van der Waals surface area contributed by atoms with Crippen LogP contribution in [0, 0.1) is 0 Å². The van der Waals surface area contributed by atoms with Gasteiger partial charge in [-0.05, 0) is 55.2 Å². The molecule has 0 aliphatic carbocycles. The number of aliphatic imine (C=N–C) groups is 1. The van der Waals surface area contributed by atoms with Crippen LogP contribution in [-0.2, 0) is 13.0 Å². The van der Waals surface area contributed by atoms with Crippen LogP contribution in [0.4, 0.5) is 0 Å². The first-order valence-corrected chi connectivity index (χ1v) is 10.6. The predicted molar refractivity (Wildman–Crippen MR) is 142 cm³/mol. The molecule has 2 aromatic rings. The molecule has 33 heavy (non-hydrogen) atoms. The summed E-state index contributed by atoms with van der Waals surface area (Å²) < 4.78 is 26.9. The van der Waals surface area contributed by atoms with Gasteiger partial charge in [0.2, 0.25) is 5.75 Å². The number of guanidine groups is 1. The second kappa shape index (κ2) is 15.3. The lowest BCUT2D eigenvalue weighted by atomic mass is 10.1. The van der Waals surface area contributed by atoms with Crippen LogP contribution in [0.5, 0.6) is 28.7 Å². The van der Waals surface area contributed by atoms with E-state index in [2.05, 4.69) is 16.7 Å². The average Bonchev–Trinajstić information content (AvgIpc) is 2.83. The van der Waals surface area contributed by atoms with Crippen molar-refractivity contribution in [3.05, 3.63) is 41.5 Å². The molecule has 0 aliphatic heterocycles. The number of halogens is 1. The van der Waals surface area contributed by atoms with Crippen molar-refractivity contribution >= 4 is 29.9 Å². The van der Waals surface area contributed by atoms with Crippen molar-refractivity contribution in [2.75, 3.05) is 48.6 Å². The molecule has 0 atom stereocenters. The lowest BCUT2D eigenvalue weighted by molar-refractivity contribution is 0.324. The van der Waals surface area contributed by atoms with Crippen LogP contribution in [0.2, 0.25) is 0 Å². The van der Waals surface area contributed by atoms with Gasteiger partial charge in [-0.2, -0.15) is 0 Å². The zero-order chi connectivity index (χ0) is 23.3. The van der Waals surface area contributed by atoms with Crippen molar-refractivity contribution in [1.82, 2.24) is 10.6 Å². The van der Waals surface area contributed by atoms with Gasteiger partial charge in [0.25, 0.3) is 0 Å². The average molecular weight is 573 g/mol. The highest BCUT2D eigenvalue weighted by Gasteiger charge is 2.13. The summed E-state index contributed by atoms with van der Waals surface area (Å²) in [4.78, 5) is 4.69. The largest absolute Gasteiger partial charge is 0.493 e. The molecule has 8 nitrogen and oxygen atoms in total. The molecule has 0 bridgehead atoms. The highest BCUT2D eigenvalue weighted by atomic mass is 127. The number of methoxy groups -OCH3 is 5. The van der Waals surface area contributed by atoms with Crippen molar-refractivity contribution < 1.29 is 23.7 Å². The number of benzene rings is 2. The minimum atomic E-state index is 0. The fourth-order valence-corrected chi connectivity index (χ4v) is 3.27. The monoisotopic (exact) mass is 573 g/mol. The highest BCUT2D eigenvalue weighted by molar-refractivity contribution is 14.0. The molecule has 0 fully saturated rings. The Kier molecular flexibility index (Phi) is 13.2. The number of aryl methyl sites for hydroxylation is 1. The summed E-state index contributed by atoms with van der Waals surface area (Å²) in [6.07, 6.45) is 1.86. The van der Waals surface area contributed by atoms with Crippen LogP contribution >= 0.6 is 24.0 Å². The molecule has 9 heteroatoms. The van der Waals surface area contributed by atoms with Crippen LogP contribution in [0.1, 0.15) is 24.5 Å². The smallest absolute Gasteiger partial charge is 0.203 e. The van der Waals surface area contributed by atoms with E-state index in [0.29, 0.717) is 23.8 Å². The molecule has 2 rings (SSSR count). The van der Waals surface area contributed by atoms with E-state index in [1.807, 2.05) is 31.2 Å². The van der Waals surface area contributed by atoms with Crippen molar-refractivity contribution in [2.24, 2.45) is 4.99 Å². The fourth-order valence-electron chi connectivity index (χ4n) is 3.27. The minimum absolute atomic E-state index is 0. The molecule has 0 unspecified atom stereocenters. The first-order chi connectivity index (χ1) is 15.6. The SMILES string of the molecule is CCNC(=NCc1cc(OC)c(OC)c(OC)c1)NCCCc1ccc(OC)c(OC)c1.I. The second-order valence-electron chi connectivity index (χ2n) is 6.95. The molecule has 2 aromatic carbocycles. The number of nitrogens with zero attached hydrogens (tertiary/aromatic N) is 1. The summed E-state index contributed by atoms with van der Waals surface area (Å²) in [5, 5.41) is 6.67. The molecule has 0 spiro atoms. The van der Waals surface area contributed by atoms with Gasteiger partial charge in [0.05, 0.1) is 42.1 Å². The summed E-state index contributed by atoms with van der Waals surface area (Å²) >= 11 is 0. The minimum Gasteiger partial charge on any atom is -0.493 e. The molecule has 0 saturated carbocycles. The van der Waals surface area contributed by atoms with Crippen LogP contribution < -0.4 is 34.3 Å². The summed E-state index contributed by atoms with van der Waals surface area (Å²) in [5.41, 5.74) is 2.16. The number of hydrogen-bond donors (Lipinski definition) is 2. The van der Waals surface area contributed by atoms with Gasteiger partial charge in [-0.1, -0.05) is 6.07 Å². The van der Waals surface area contributed by atoms with Crippen LogP contribution in [0.15, 0.2) is 35.3 Å². The number of rotatable bonds is 12. The zero-order valence-corrected chi connectivity index (χ0v) is 22.6. The van der Waals surface area contributed by atoms with E-state index in [-0.39, 0.29) is 24.0 Å². The van der Waals surface area contributed by atoms with Crippen molar-refractivity contribution in [2.45, 2.75) is 26.3 Å². The Morgan fingerprint density at radius 3 is 1.91 bits per heavy atom. The Morgan fingerprint density at radius 2 is 1.36 bits per heavy atom. The van der Waals surface area contributed by atoms with Gasteiger partial charge in [0.15, 0.2) is 29.0 Å². The van der Waals surface area contributed by atoms with E-state index in [9.17, 15) is 0 Å². The quantitative estimate of drug-likeness (QED) is 0.172. The number of nitrogens with one attached hydrogen (secondary N) is 2. The fraction of sp³-hybridized carbons (Fsp3) is 0.458. The molecule has 0 aromatic heterocycles. The first-order valence-electron chi connectivity index (χ1n) is 10.6. The summed E-state index contributed by atoms with van der Waals surface area (Å²) in [6.45, 7) is 4.08. The standard InChI is InChI=1S/C24H35N3O5.HI/c1-7-25-24(26-12-8-9-17-10-11-19(28-2)20(13-17)29-3)27-16-18-14-21(30-4)23(32-6)22(15-18)31-5;/h10-11,13-15H,7-9,12,16H2,1-6H3,(H2,25,26,27);1H. The Bertz CT molecular complexity index is 867. The normalized spacial score (nSPS) is 10.7. The van der Waals surface area contributed by atoms with Gasteiger partial charge < -0.3 is 34.3 Å². The van der Waals surface area contributed by atoms with Gasteiger partial charge in [0.1, 0.15) is 0 Å². The molecule has 184 valence electrons. The Morgan fingerprint density at radius 1 is 0.758 bits per heavy atom. The lowest BCUT2D eigenvalue weighted by Gasteiger charge is -2.14. The molecular formula is C24H36IN3O5. The molecule has 0 saturated heterocycles. The topological polar surface area (TPSA) is 82.6 Å². The first kappa shape index (κ1) is 28.5. The molecule has 0 heterocycles. The van der Waals surface area contributed by atoms with E-state index in [4.69, 9.17) is 28.7 Å². The Balaban J connectivity index is 0.00000544. The second-order valence-corrected chi connectivity index (χ2v) is 6.95. The van der Waals surface area contributed by atoms with E-state index < -0.39 is 0 Å². The zero-order valence-electron chi connectivity index (χ0n) is 20.3. The number of ether oxygens (including phenoxy) is 5. The van der Waals surface area contributed by atoms with Crippen LogP contribution in [0.25, 0.3) is 0 Å². The molecular weight excluding hydrogens is 537 g/mol. The molecule has 0 radical (unpaired) electrons. The van der Waals surface area contributed by atoms with Crippen molar-refractivity contribution in [3.63, 3.8) is 0 Å². The maximum Gasteiger partial charge on any atom is 0.203 e. The summed E-state index contributed by atoms with van der Waals surface area (Å²) in [6, 6.07) is 9.83. The summed E-state index contributed by atoms with van der Waals surface area (Å²) in [5.74, 6) is 4.05. The lowest BCUT2D eigenvalue weighted by Crippen LogP contribution is -2.37. The van der Waals surface area contributed by atoms with E-state index in [0.717, 1.165) is 49.0 Å². The van der Waals surface area contributed by atoms with Gasteiger partial charge >= 0.3 is 0 Å². The Hall–Kier alpha value is -2.56. The van der Waals surface area contributed by atoms with Gasteiger partial charge in [-0.25, -0.2) is 4.99 Å². The van der Waals surface area contributed by atoms with E-state index in [1.165, 1.54) is 5.56 Å². The van der Waals surface area contributed by atoms with Crippen molar-refractivity contribution in [3.8, 4) is 28.7 Å². The maximum absolute atomic E-state index is 5.42. The highest BCUT2D eigenvalue weighted by Crippen LogP contribution is 2.38. The molecule has 2 N–H and O–H groups in total. The molecule has 0 aliphatic rings. The van der Waals surface area contributed by atoms with Crippen LogP contribution in [-0.4, -0.2) is 54.6 Å².